The molecule has 0 saturated heterocycles. The second-order valence-corrected chi connectivity index (χ2v) is 5.75. The molecule has 0 aromatic heterocycles. The molecular weight excluding hydrogens is 314 g/mol. The molecule has 1 aliphatic rings. The monoisotopic (exact) mass is 333 g/mol. The number of alkyl halides is 3. The first-order valence-electron chi connectivity index (χ1n) is 7.49. The predicted molar refractivity (Wildman–Crippen MR) is 76.6 cm³/mol. The van der Waals surface area contributed by atoms with Crippen molar-refractivity contribution < 1.29 is 27.1 Å². The number of rotatable bonds is 4. The lowest BCUT2D eigenvalue weighted by molar-refractivity contribution is -0.189. The van der Waals surface area contributed by atoms with Crippen LogP contribution in [0.25, 0.3) is 0 Å². The van der Waals surface area contributed by atoms with Crippen molar-refractivity contribution in [2.24, 2.45) is 5.92 Å². The third kappa shape index (κ3) is 4.59. The van der Waals surface area contributed by atoms with Crippen LogP contribution in [0, 0.1) is 11.7 Å². The largest absolute Gasteiger partial charge is 0.494 e. The third-order valence-electron chi connectivity index (χ3n) is 4.11. The summed E-state index contributed by atoms with van der Waals surface area (Å²) in [4.78, 5) is 12.0. The van der Waals surface area contributed by atoms with E-state index in [0.29, 0.717) is 24.8 Å². The second-order valence-electron chi connectivity index (χ2n) is 5.75. The fourth-order valence-corrected chi connectivity index (χ4v) is 2.96. The first-order valence-corrected chi connectivity index (χ1v) is 7.49. The summed E-state index contributed by atoms with van der Waals surface area (Å²) >= 11 is 0. The molecule has 1 aromatic carbocycles. The molecule has 1 aromatic rings. The van der Waals surface area contributed by atoms with Gasteiger partial charge in [0.15, 0.2) is 11.6 Å². The van der Waals surface area contributed by atoms with E-state index in [2.05, 4.69) is 5.32 Å². The van der Waals surface area contributed by atoms with Crippen molar-refractivity contribution in [3.05, 3.63) is 29.6 Å². The normalized spacial score (nSPS) is 21.8. The van der Waals surface area contributed by atoms with Crippen LogP contribution in [0.5, 0.6) is 5.75 Å². The van der Waals surface area contributed by atoms with Crippen molar-refractivity contribution in [1.29, 1.82) is 0 Å². The van der Waals surface area contributed by atoms with Crippen LogP contribution in [0.4, 0.5) is 17.6 Å². The van der Waals surface area contributed by atoms with Gasteiger partial charge in [-0.1, -0.05) is 18.9 Å². The number of nitrogens with one attached hydrogen (secondary N) is 1. The maximum atomic E-state index is 13.6. The van der Waals surface area contributed by atoms with Crippen LogP contribution in [-0.2, 0) is 11.2 Å². The zero-order valence-corrected chi connectivity index (χ0v) is 12.8. The molecule has 23 heavy (non-hydrogen) atoms. The van der Waals surface area contributed by atoms with Gasteiger partial charge in [0, 0.05) is 6.04 Å². The van der Waals surface area contributed by atoms with Crippen molar-refractivity contribution in [3.63, 3.8) is 0 Å². The first-order chi connectivity index (χ1) is 10.8. The molecule has 1 N–H and O–H groups in total. The van der Waals surface area contributed by atoms with E-state index in [-0.39, 0.29) is 18.6 Å². The Morgan fingerprint density at radius 2 is 2.00 bits per heavy atom. The summed E-state index contributed by atoms with van der Waals surface area (Å²) in [5, 5.41) is 2.46. The van der Waals surface area contributed by atoms with Crippen LogP contribution in [0.15, 0.2) is 18.2 Å². The Hall–Kier alpha value is -1.79. The fraction of sp³-hybridized carbons (Fsp3) is 0.562. The molecule has 7 heteroatoms. The van der Waals surface area contributed by atoms with E-state index in [9.17, 15) is 22.4 Å². The second kappa shape index (κ2) is 7.19. The summed E-state index contributed by atoms with van der Waals surface area (Å²) in [5.41, 5.74) is 0.389. The Kier molecular flexibility index (Phi) is 5.49. The maximum absolute atomic E-state index is 13.6. The number of halogens is 4. The molecule has 1 amide bonds. The number of amides is 1. The zero-order valence-electron chi connectivity index (χ0n) is 12.8. The highest BCUT2D eigenvalue weighted by atomic mass is 19.4. The molecule has 0 radical (unpaired) electrons. The smallest absolute Gasteiger partial charge is 0.393 e. The summed E-state index contributed by atoms with van der Waals surface area (Å²) in [6, 6.07) is 3.15. The van der Waals surface area contributed by atoms with E-state index in [4.69, 9.17) is 4.74 Å². The lowest BCUT2D eigenvalue weighted by Gasteiger charge is -2.33. The van der Waals surface area contributed by atoms with Crippen LogP contribution >= 0.6 is 0 Å². The molecular formula is C16H19F4NO2. The van der Waals surface area contributed by atoms with Crippen LogP contribution in [0.2, 0.25) is 0 Å². The minimum atomic E-state index is -4.31. The fourth-order valence-electron chi connectivity index (χ4n) is 2.96. The van der Waals surface area contributed by atoms with Crippen LogP contribution in [0.3, 0.4) is 0 Å². The van der Waals surface area contributed by atoms with Gasteiger partial charge in [-0.15, -0.1) is 0 Å². The van der Waals surface area contributed by atoms with E-state index < -0.39 is 29.9 Å². The molecule has 0 heterocycles. The van der Waals surface area contributed by atoms with E-state index >= 15 is 0 Å². The molecule has 2 rings (SSSR count). The Balaban J connectivity index is 1.99. The predicted octanol–water partition coefficient (Wildman–Crippen LogP) is 3.61. The lowest BCUT2D eigenvalue weighted by atomic mass is 9.84. The van der Waals surface area contributed by atoms with Crippen LogP contribution < -0.4 is 10.1 Å². The molecule has 2 unspecified atom stereocenters. The summed E-state index contributed by atoms with van der Waals surface area (Å²) in [6.45, 7) is 0. The molecule has 3 nitrogen and oxygen atoms in total. The average molecular weight is 333 g/mol. The highest BCUT2D eigenvalue weighted by Gasteiger charge is 2.45. The van der Waals surface area contributed by atoms with Gasteiger partial charge >= 0.3 is 6.18 Å². The van der Waals surface area contributed by atoms with Gasteiger partial charge in [-0.05, 0) is 30.5 Å². The molecule has 1 saturated carbocycles. The van der Waals surface area contributed by atoms with Gasteiger partial charge in [0.05, 0.1) is 19.4 Å². The van der Waals surface area contributed by atoms with Gasteiger partial charge in [0.1, 0.15) is 0 Å². The standard InChI is InChI=1S/C16H19F4NO2/c1-23-14-7-6-10(8-12(14)17)9-15(22)21-13-5-3-2-4-11(13)16(18,19)20/h6-8,11,13H,2-5,9H2,1H3,(H,21,22). The average Bonchev–Trinajstić information content (AvgIpc) is 2.46. The van der Waals surface area contributed by atoms with Gasteiger partial charge in [0.25, 0.3) is 0 Å². The van der Waals surface area contributed by atoms with Gasteiger partial charge in [0.2, 0.25) is 5.91 Å². The summed E-state index contributed by atoms with van der Waals surface area (Å²) < 4.78 is 57.3. The summed E-state index contributed by atoms with van der Waals surface area (Å²) in [5.74, 6) is -2.59. The van der Waals surface area contributed by atoms with Crippen molar-refractivity contribution in [1.82, 2.24) is 5.32 Å². The number of carbonyl (C=O) groups is 1. The summed E-state index contributed by atoms with van der Waals surface area (Å²) in [6.07, 6.45) is -2.96. The number of hydrogen-bond donors (Lipinski definition) is 1. The van der Waals surface area contributed by atoms with E-state index in [1.54, 1.807) is 0 Å². The van der Waals surface area contributed by atoms with Crippen molar-refractivity contribution in [3.8, 4) is 5.75 Å². The Morgan fingerprint density at radius 3 is 2.61 bits per heavy atom. The minimum Gasteiger partial charge on any atom is -0.494 e. The number of methoxy groups -OCH3 is 1. The van der Waals surface area contributed by atoms with Gasteiger partial charge in [-0.25, -0.2) is 4.39 Å². The zero-order chi connectivity index (χ0) is 17.0. The highest BCUT2D eigenvalue weighted by molar-refractivity contribution is 5.79. The Morgan fingerprint density at radius 1 is 1.30 bits per heavy atom. The third-order valence-corrected chi connectivity index (χ3v) is 4.11. The van der Waals surface area contributed by atoms with Crippen LogP contribution in [-0.4, -0.2) is 25.2 Å². The topological polar surface area (TPSA) is 38.3 Å². The molecule has 1 fully saturated rings. The van der Waals surface area contributed by atoms with E-state index in [0.717, 1.165) is 6.07 Å². The highest BCUT2D eigenvalue weighted by Crippen LogP contribution is 2.37. The number of carbonyl (C=O) groups excluding carboxylic acids is 1. The molecule has 2 atom stereocenters. The van der Waals surface area contributed by atoms with Crippen molar-refractivity contribution >= 4 is 5.91 Å². The van der Waals surface area contributed by atoms with Crippen molar-refractivity contribution in [2.75, 3.05) is 7.11 Å². The van der Waals surface area contributed by atoms with Crippen LogP contribution in [0.1, 0.15) is 31.2 Å². The molecule has 0 bridgehead atoms. The van der Waals surface area contributed by atoms with Gasteiger partial charge in [-0.2, -0.15) is 13.2 Å². The molecule has 1 aliphatic carbocycles. The Bertz CT molecular complexity index is 560. The SMILES string of the molecule is COc1ccc(CC(=O)NC2CCCCC2C(F)(F)F)cc1F. The lowest BCUT2D eigenvalue weighted by Crippen LogP contribution is -2.48. The van der Waals surface area contributed by atoms with Gasteiger partial charge in [-0.3, -0.25) is 4.79 Å². The molecule has 0 aliphatic heterocycles. The van der Waals surface area contributed by atoms with Crippen molar-refractivity contribution in [2.45, 2.75) is 44.3 Å². The number of ether oxygens (including phenoxy) is 1. The van der Waals surface area contributed by atoms with E-state index in [1.165, 1.54) is 19.2 Å². The minimum absolute atomic E-state index is 0.0333. The summed E-state index contributed by atoms with van der Waals surface area (Å²) in [7, 11) is 1.32. The molecule has 0 spiro atoms. The quantitative estimate of drug-likeness (QED) is 0.855. The number of hydrogen-bond acceptors (Lipinski definition) is 2. The molecule has 128 valence electrons. The Labute approximate surface area is 132 Å². The maximum Gasteiger partial charge on any atom is 0.393 e. The van der Waals surface area contributed by atoms with E-state index in [1.807, 2.05) is 0 Å². The van der Waals surface area contributed by atoms with Gasteiger partial charge < -0.3 is 10.1 Å². The first kappa shape index (κ1) is 17.6. The number of benzene rings is 1.